The summed E-state index contributed by atoms with van der Waals surface area (Å²) in [5, 5.41) is 0.479. The lowest BCUT2D eigenvalue weighted by Gasteiger charge is -2.22. The summed E-state index contributed by atoms with van der Waals surface area (Å²) in [6.07, 6.45) is 4.22. The fourth-order valence-electron chi connectivity index (χ4n) is 2.86. The van der Waals surface area contributed by atoms with Gasteiger partial charge in [0.25, 0.3) is 0 Å². The van der Waals surface area contributed by atoms with Crippen LogP contribution in [0.3, 0.4) is 0 Å². The molecule has 20 heavy (non-hydrogen) atoms. The van der Waals surface area contributed by atoms with Gasteiger partial charge in [0.05, 0.1) is 10.4 Å². The number of rotatable bonds is 4. The van der Waals surface area contributed by atoms with Crippen LogP contribution >= 0.6 is 23.2 Å². The van der Waals surface area contributed by atoms with Crippen LogP contribution in [0.25, 0.3) is 11.2 Å². The summed E-state index contributed by atoms with van der Waals surface area (Å²) in [4.78, 5) is 9.09. The molecule has 0 amide bonds. The van der Waals surface area contributed by atoms with Gasteiger partial charge >= 0.3 is 0 Å². The molecule has 0 spiro atoms. The average Bonchev–Trinajstić information content (AvgIpc) is 3.07. The molecule has 2 heterocycles. The molecule has 0 bridgehead atoms. The Morgan fingerprint density at radius 2 is 2.05 bits per heavy atom. The maximum absolute atomic E-state index is 6.30. The molecule has 0 aliphatic heterocycles. The van der Waals surface area contributed by atoms with Gasteiger partial charge in [-0.15, -0.1) is 11.6 Å². The molecular formula is C15H19Cl2N3. The lowest BCUT2D eigenvalue weighted by Crippen LogP contribution is -2.19. The standard InChI is InChI=1S/C15H19Cl2N3/c1-9(2)15(4-5-15)8-20-13(10(3)16)19-12-6-11(17)7-18-14(12)20/h6-7,9-10H,4-5,8H2,1-3H3. The number of fused-ring (bicyclic) bond motifs is 1. The topological polar surface area (TPSA) is 30.7 Å². The summed E-state index contributed by atoms with van der Waals surface area (Å²) >= 11 is 12.3. The smallest absolute Gasteiger partial charge is 0.160 e. The summed E-state index contributed by atoms with van der Waals surface area (Å²) in [6, 6.07) is 1.86. The van der Waals surface area contributed by atoms with Crippen molar-refractivity contribution in [3.8, 4) is 0 Å². The van der Waals surface area contributed by atoms with Gasteiger partial charge in [-0.1, -0.05) is 25.4 Å². The van der Waals surface area contributed by atoms with Gasteiger partial charge in [0, 0.05) is 12.7 Å². The first-order valence-electron chi connectivity index (χ1n) is 7.09. The molecule has 3 rings (SSSR count). The number of alkyl halides is 1. The van der Waals surface area contributed by atoms with Crippen molar-refractivity contribution < 1.29 is 0 Å². The molecule has 0 aromatic carbocycles. The Labute approximate surface area is 129 Å². The molecule has 1 fully saturated rings. The van der Waals surface area contributed by atoms with Gasteiger partial charge in [-0.05, 0) is 37.2 Å². The quantitative estimate of drug-likeness (QED) is 0.758. The van der Waals surface area contributed by atoms with E-state index in [1.54, 1.807) is 6.20 Å². The zero-order chi connectivity index (χ0) is 14.5. The van der Waals surface area contributed by atoms with Gasteiger partial charge in [0.15, 0.2) is 5.65 Å². The van der Waals surface area contributed by atoms with Crippen LogP contribution in [-0.2, 0) is 6.54 Å². The highest BCUT2D eigenvalue weighted by Gasteiger charge is 2.46. The van der Waals surface area contributed by atoms with Crippen LogP contribution < -0.4 is 0 Å². The van der Waals surface area contributed by atoms with E-state index in [0.29, 0.717) is 16.4 Å². The Hall–Kier alpha value is -0.800. The van der Waals surface area contributed by atoms with Crippen LogP contribution in [0.4, 0.5) is 0 Å². The molecule has 5 heteroatoms. The number of aromatic nitrogens is 3. The van der Waals surface area contributed by atoms with Gasteiger partial charge in [-0.25, -0.2) is 9.97 Å². The minimum absolute atomic E-state index is 0.133. The third-order valence-electron chi connectivity index (χ3n) is 4.53. The summed E-state index contributed by atoms with van der Waals surface area (Å²) < 4.78 is 2.19. The zero-order valence-corrected chi connectivity index (χ0v) is 13.5. The van der Waals surface area contributed by atoms with Crippen molar-refractivity contribution >= 4 is 34.4 Å². The zero-order valence-electron chi connectivity index (χ0n) is 12.0. The molecule has 0 N–H and O–H groups in total. The van der Waals surface area contributed by atoms with Crippen LogP contribution in [-0.4, -0.2) is 14.5 Å². The molecule has 1 atom stereocenters. The van der Waals surface area contributed by atoms with E-state index in [0.717, 1.165) is 23.5 Å². The maximum atomic E-state index is 6.30. The molecule has 1 saturated carbocycles. The first-order valence-corrected chi connectivity index (χ1v) is 7.90. The van der Waals surface area contributed by atoms with Crippen molar-refractivity contribution in [2.24, 2.45) is 11.3 Å². The van der Waals surface area contributed by atoms with Gasteiger partial charge in [0.2, 0.25) is 0 Å². The normalized spacial score (nSPS) is 18.7. The number of halogens is 2. The minimum atomic E-state index is -0.133. The Balaban J connectivity index is 2.10. The van der Waals surface area contributed by atoms with Crippen molar-refractivity contribution in [3.63, 3.8) is 0 Å². The van der Waals surface area contributed by atoms with Gasteiger partial charge < -0.3 is 4.57 Å². The molecule has 1 unspecified atom stereocenters. The Bertz CT molecular complexity index is 642. The van der Waals surface area contributed by atoms with Crippen LogP contribution in [0.5, 0.6) is 0 Å². The van der Waals surface area contributed by atoms with Gasteiger partial charge in [-0.3, -0.25) is 0 Å². The van der Waals surface area contributed by atoms with E-state index in [2.05, 4.69) is 28.4 Å². The third-order valence-corrected chi connectivity index (χ3v) is 4.93. The molecular weight excluding hydrogens is 293 g/mol. The molecule has 1 aliphatic carbocycles. The SMILES string of the molecule is CC(Cl)c1nc2cc(Cl)cnc2n1CC1(C(C)C)CC1. The fraction of sp³-hybridized carbons (Fsp3) is 0.600. The van der Waals surface area contributed by atoms with E-state index >= 15 is 0 Å². The third kappa shape index (κ3) is 2.31. The first-order chi connectivity index (χ1) is 9.43. The van der Waals surface area contributed by atoms with E-state index in [-0.39, 0.29) is 5.38 Å². The minimum Gasteiger partial charge on any atom is -0.311 e. The van der Waals surface area contributed by atoms with Gasteiger partial charge in [0.1, 0.15) is 11.3 Å². The summed E-state index contributed by atoms with van der Waals surface area (Å²) in [5.74, 6) is 1.55. The van der Waals surface area contributed by atoms with Crippen molar-refractivity contribution in [2.45, 2.75) is 45.5 Å². The average molecular weight is 312 g/mol. The monoisotopic (exact) mass is 311 g/mol. The van der Waals surface area contributed by atoms with E-state index in [1.807, 2.05) is 13.0 Å². The number of hydrogen-bond acceptors (Lipinski definition) is 2. The molecule has 3 nitrogen and oxygen atoms in total. The number of pyridine rings is 1. The fourth-order valence-corrected chi connectivity index (χ4v) is 3.18. The molecule has 2 aromatic rings. The van der Waals surface area contributed by atoms with E-state index in [4.69, 9.17) is 23.2 Å². The largest absolute Gasteiger partial charge is 0.311 e. The second-order valence-electron chi connectivity index (χ2n) is 6.19. The second-order valence-corrected chi connectivity index (χ2v) is 7.28. The summed E-state index contributed by atoms with van der Waals surface area (Å²) in [7, 11) is 0. The highest BCUT2D eigenvalue weighted by atomic mass is 35.5. The molecule has 0 radical (unpaired) electrons. The predicted octanol–water partition coefficient (Wildman–Crippen LogP) is 4.82. The lowest BCUT2D eigenvalue weighted by molar-refractivity contribution is 0.308. The molecule has 108 valence electrons. The summed E-state index contributed by atoms with van der Waals surface area (Å²) in [5.41, 5.74) is 2.11. The van der Waals surface area contributed by atoms with E-state index in [1.165, 1.54) is 12.8 Å². The number of imidazole rings is 1. The van der Waals surface area contributed by atoms with E-state index < -0.39 is 0 Å². The Kier molecular flexibility index (Phi) is 3.46. The van der Waals surface area contributed by atoms with Crippen LogP contribution in [0.15, 0.2) is 12.3 Å². The number of nitrogens with zero attached hydrogens (tertiary/aromatic N) is 3. The maximum Gasteiger partial charge on any atom is 0.160 e. The molecule has 2 aromatic heterocycles. The van der Waals surface area contributed by atoms with Crippen molar-refractivity contribution in [1.29, 1.82) is 0 Å². The van der Waals surface area contributed by atoms with Crippen molar-refractivity contribution in [2.75, 3.05) is 0 Å². The van der Waals surface area contributed by atoms with Gasteiger partial charge in [-0.2, -0.15) is 0 Å². The highest BCUT2D eigenvalue weighted by molar-refractivity contribution is 6.31. The molecule has 0 saturated heterocycles. The van der Waals surface area contributed by atoms with Crippen molar-refractivity contribution in [1.82, 2.24) is 14.5 Å². The first kappa shape index (κ1) is 14.2. The van der Waals surface area contributed by atoms with Crippen molar-refractivity contribution in [3.05, 3.63) is 23.1 Å². The molecule has 1 aliphatic rings. The summed E-state index contributed by atoms with van der Waals surface area (Å²) in [6.45, 7) is 7.48. The van der Waals surface area contributed by atoms with E-state index in [9.17, 15) is 0 Å². The van der Waals surface area contributed by atoms with Crippen LogP contribution in [0.2, 0.25) is 5.02 Å². The Morgan fingerprint density at radius 1 is 1.35 bits per heavy atom. The number of hydrogen-bond donors (Lipinski definition) is 0. The predicted molar refractivity (Wildman–Crippen MR) is 83.3 cm³/mol. The van der Waals surface area contributed by atoms with Crippen LogP contribution in [0.1, 0.15) is 44.8 Å². The highest BCUT2D eigenvalue weighted by Crippen LogP contribution is 2.53. The lowest BCUT2D eigenvalue weighted by atomic mass is 9.92. The van der Waals surface area contributed by atoms with Crippen LogP contribution in [0, 0.1) is 11.3 Å². The second kappa shape index (κ2) is 4.88. The Morgan fingerprint density at radius 3 is 2.60 bits per heavy atom.